The Bertz CT molecular complexity index is 2990. The van der Waals surface area contributed by atoms with Gasteiger partial charge in [-0.2, -0.15) is 13.2 Å². The van der Waals surface area contributed by atoms with Crippen LogP contribution >= 0.6 is 11.8 Å². The fourth-order valence-corrected chi connectivity index (χ4v) is 6.62. The number of methoxy groups -OCH3 is 1. The van der Waals surface area contributed by atoms with Crippen LogP contribution in [0.3, 0.4) is 0 Å². The molecule has 0 spiro atoms. The molecule has 12 heteroatoms. The fourth-order valence-electron chi connectivity index (χ4n) is 5.67. The van der Waals surface area contributed by atoms with Gasteiger partial charge in [-0.15, -0.1) is 11.8 Å². The molecule has 1 amide bonds. The fraction of sp³-hybridized carbons (Fsp3) is 0.317. The smallest absolute Gasteiger partial charge is 0.383 e. The number of pyridine rings is 1. The number of amides is 1. The molecule has 1 aromatic heterocycles. The van der Waals surface area contributed by atoms with Gasteiger partial charge in [0.05, 0.1) is 47.4 Å². The molecule has 1 aliphatic heterocycles. The number of halogens is 5. The number of hydrogen-bond acceptors (Lipinski definition) is 5. The van der Waals surface area contributed by atoms with E-state index in [2.05, 4.69) is 0 Å². The van der Waals surface area contributed by atoms with Gasteiger partial charge in [-0.1, -0.05) is 59.9 Å². The highest BCUT2D eigenvalue weighted by Crippen LogP contribution is 2.32. The zero-order chi connectivity index (χ0) is 53.3. The molecular weight excluding hydrogens is 710 g/mol. The number of aromatic nitrogens is 1. The maximum Gasteiger partial charge on any atom is 0.416 e. The SMILES string of the molecule is [2H]c1c([2H])c(F)c(F)c(CSc2c([2H])c(=O)c3c([2H])c(C)c([2H])c([2H])c3n2CC(=O)N(Cc2c([2H])c([2H])c(-c3c([2H])c([2H])c(C(F)(F)F)c([2H])c3[2H])c([2H])c2[2H])C2CCN(CCOC([2H])([2H])[2H])CC2)c1[2H]. The molecule has 0 saturated carbocycles. The summed E-state index contributed by atoms with van der Waals surface area (Å²) in [6.45, 7) is -0.260. The third-order valence-corrected chi connectivity index (χ3v) is 9.39. The first-order valence-corrected chi connectivity index (χ1v) is 17.0. The van der Waals surface area contributed by atoms with E-state index in [0.717, 1.165) is 9.47 Å². The monoisotopic (exact) mass is 767 g/mol. The van der Waals surface area contributed by atoms with Crippen molar-refractivity contribution >= 4 is 28.6 Å². The summed E-state index contributed by atoms with van der Waals surface area (Å²) < 4.78 is 227. The zero-order valence-corrected chi connectivity index (χ0v) is 28.6. The maximum atomic E-state index is 15.3. The minimum absolute atomic E-state index is 0.0830. The van der Waals surface area contributed by atoms with E-state index in [1.54, 1.807) is 4.90 Å². The number of thioether (sulfide) groups is 1. The lowest BCUT2D eigenvalue weighted by molar-refractivity contribution is -0.137. The lowest BCUT2D eigenvalue weighted by Crippen LogP contribution is -2.48. The second kappa shape index (κ2) is 16.7. The van der Waals surface area contributed by atoms with E-state index in [1.165, 1.54) is 6.92 Å². The number of benzene rings is 4. The number of carbonyl (C=O) groups excluding carboxylic acids is 1. The molecule has 0 unspecified atom stereocenters. The van der Waals surface area contributed by atoms with Gasteiger partial charge in [-0.25, -0.2) is 8.78 Å². The van der Waals surface area contributed by atoms with E-state index in [9.17, 15) is 22.4 Å². The van der Waals surface area contributed by atoms with E-state index >= 15 is 9.18 Å². The Kier molecular flexibility index (Phi) is 6.72. The van der Waals surface area contributed by atoms with Gasteiger partial charge in [0.1, 0.15) is 6.54 Å². The molecule has 53 heavy (non-hydrogen) atoms. The van der Waals surface area contributed by atoms with Crippen LogP contribution in [0.1, 0.15) is 59.8 Å². The standard InChI is InChI=1S/C41H40F5N3O3S/c1-27-6-15-36-34(22-27)37(50)23-39(53-26-31-4-3-5-35(42)40(31)43)49(36)25-38(51)48(33-16-18-47(19-17-33)20-21-52-2)24-28-7-9-29(10-8-28)30-11-13-32(14-12-30)41(44,45)46/h3-15,22-23,33H,16-21,24-26H2,1-2H3/i2D3,3D,4D,5D,6D,7D,8D,9D,10D,11D,12D,13D,14D,15D,22D,23D. The molecule has 0 atom stereocenters. The van der Waals surface area contributed by atoms with Crippen molar-refractivity contribution in [2.24, 2.45) is 0 Å². The van der Waals surface area contributed by atoms with Gasteiger partial charge >= 0.3 is 6.18 Å². The van der Waals surface area contributed by atoms with Gasteiger partial charge in [0.25, 0.3) is 0 Å². The molecule has 0 bridgehead atoms. The number of hydrogen-bond donors (Lipinski definition) is 0. The number of fused-ring (bicyclic) bond motifs is 1. The molecule has 0 aliphatic carbocycles. The summed E-state index contributed by atoms with van der Waals surface area (Å²) in [5.74, 6) is -5.25. The molecule has 1 fully saturated rings. The first-order chi connectivity index (χ1) is 32.8. The summed E-state index contributed by atoms with van der Waals surface area (Å²) in [4.78, 5) is 31.9. The van der Waals surface area contributed by atoms with E-state index in [-0.39, 0.29) is 44.6 Å². The lowest BCUT2D eigenvalue weighted by atomic mass is 10.00. The molecule has 0 radical (unpaired) electrons. The van der Waals surface area contributed by atoms with Crippen molar-refractivity contribution < 1.29 is 56.2 Å². The third kappa shape index (κ3) is 9.17. The van der Waals surface area contributed by atoms with Gasteiger partial charge in [0.15, 0.2) is 17.1 Å². The van der Waals surface area contributed by atoms with Crippen LogP contribution in [-0.2, 0) is 34.6 Å². The van der Waals surface area contributed by atoms with Gasteiger partial charge in [0.2, 0.25) is 5.91 Å². The molecule has 5 aromatic rings. The Labute approximate surface area is 334 Å². The summed E-state index contributed by atoms with van der Waals surface area (Å²) >= 11 is 0.389. The van der Waals surface area contributed by atoms with Gasteiger partial charge in [0, 0.05) is 62.0 Å². The minimum atomic E-state index is -5.35. The van der Waals surface area contributed by atoms with Crippen LogP contribution in [-0.4, -0.2) is 59.6 Å². The molecule has 278 valence electrons. The van der Waals surface area contributed by atoms with Gasteiger partial charge < -0.3 is 19.1 Å². The number of rotatable bonds is 12. The topological polar surface area (TPSA) is 54.8 Å². The van der Waals surface area contributed by atoms with E-state index in [4.69, 9.17) is 29.4 Å². The quantitative estimate of drug-likeness (QED) is 0.0940. The van der Waals surface area contributed by atoms with Crippen molar-refractivity contribution in [2.45, 2.75) is 55.9 Å². The van der Waals surface area contributed by atoms with Crippen molar-refractivity contribution in [1.29, 1.82) is 0 Å². The Morgan fingerprint density at radius 2 is 1.68 bits per heavy atom. The molecule has 6 nitrogen and oxygen atoms in total. The van der Waals surface area contributed by atoms with Crippen LogP contribution in [0, 0.1) is 18.6 Å². The molecule has 6 rings (SSSR count). The number of nitrogens with zero attached hydrogens (tertiary/aromatic N) is 3. The maximum absolute atomic E-state index is 15.3. The second-order valence-corrected chi connectivity index (χ2v) is 12.8. The Morgan fingerprint density at radius 1 is 0.981 bits per heavy atom. The zero-order valence-electron chi connectivity index (χ0n) is 45.8. The summed E-state index contributed by atoms with van der Waals surface area (Å²) in [6.07, 6.45) is -5.19. The molecule has 4 aromatic carbocycles. The van der Waals surface area contributed by atoms with Crippen molar-refractivity contribution in [2.75, 3.05) is 33.3 Å². The van der Waals surface area contributed by atoms with Gasteiger partial charge in [-0.3, -0.25) is 9.59 Å². The molecular formula is C41H40F5N3O3S. The molecule has 2 heterocycles. The minimum Gasteiger partial charge on any atom is -0.383 e. The van der Waals surface area contributed by atoms with Crippen molar-refractivity contribution in [1.82, 2.24) is 14.4 Å². The van der Waals surface area contributed by atoms with Crippen LogP contribution in [0.5, 0.6) is 0 Å². The second-order valence-electron chi connectivity index (χ2n) is 11.9. The Morgan fingerprint density at radius 3 is 2.36 bits per heavy atom. The first kappa shape index (κ1) is 21.4. The van der Waals surface area contributed by atoms with E-state index in [0.29, 0.717) is 11.8 Å². The van der Waals surface area contributed by atoms with Crippen LogP contribution in [0.25, 0.3) is 22.0 Å². The number of ether oxygens (including phenoxy) is 1. The Balaban J connectivity index is 1.52. The van der Waals surface area contributed by atoms with Crippen LogP contribution < -0.4 is 5.43 Å². The Hall–Kier alpha value is -4.52. The molecule has 1 aliphatic rings. The number of carbonyl (C=O) groups is 1. The predicted octanol–water partition coefficient (Wildman–Crippen LogP) is 8.71. The highest BCUT2D eigenvalue weighted by atomic mass is 32.2. The van der Waals surface area contributed by atoms with Gasteiger partial charge in [-0.05, 0) is 66.7 Å². The highest BCUT2D eigenvalue weighted by Gasteiger charge is 2.31. The summed E-state index contributed by atoms with van der Waals surface area (Å²) in [7, 11) is -2.69. The summed E-state index contributed by atoms with van der Waals surface area (Å²) in [5.41, 5.74) is -6.93. The van der Waals surface area contributed by atoms with E-state index in [1.807, 2.05) is 0 Å². The molecule has 1 saturated heterocycles. The molecule has 0 N–H and O–H groups in total. The van der Waals surface area contributed by atoms with E-state index < -0.39 is 195 Å². The largest absolute Gasteiger partial charge is 0.416 e. The predicted molar refractivity (Wildman–Crippen MR) is 198 cm³/mol. The van der Waals surface area contributed by atoms with Crippen molar-refractivity contribution in [3.05, 3.63) is 135 Å². The summed E-state index contributed by atoms with van der Waals surface area (Å²) in [6, 6.07) is -16.4. The van der Waals surface area contributed by atoms with Crippen LogP contribution in [0.15, 0.2) is 100 Å². The summed E-state index contributed by atoms with van der Waals surface area (Å²) in [5, 5.41) is -1.11. The van der Waals surface area contributed by atoms with Crippen molar-refractivity contribution in [3.63, 3.8) is 0 Å². The number of likely N-dealkylation sites (tertiary alicyclic amines) is 1. The first-order valence-electron chi connectivity index (χ1n) is 25.0. The number of piperidine rings is 1. The highest BCUT2D eigenvalue weighted by molar-refractivity contribution is 7.98. The van der Waals surface area contributed by atoms with Crippen LogP contribution in [0.2, 0.25) is 0 Å². The average Bonchev–Trinajstić information content (AvgIpc) is 3.29. The number of alkyl halides is 3. The average molecular weight is 768 g/mol. The lowest BCUT2D eigenvalue weighted by Gasteiger charge is -2.39. The van der Waals surface area contributed by atoms with Crippen LogP contribution in [0.4, 0.5) is 22.0 Å². The third-order valence-electron chi connectivity index (χ3n) is 8.36. The normalized spacial score (nSPS) is 19.2. The van der Waals surface area contributed by atoms with Crippen molar-refractivity contribution in [3.8, 4) is 11.1 Å².